The van der Waals surface area contributed by atoms with Crippen LogP contribution in [-0.2, 0) is 17.6 Å². The quantitative estimate of drug-likeness (QED) is 0.424. The Morgan fingerprint density at radius 1 is 1.17 bits per heavy atom. The van der Waals surface area contributed by atoms with E-state index in [2.05, 4.69) is 18.5 Å². The van der Waals surface area contributed by atoms with E-state index in [4.69, 9.17) is 9.84 Å². The molecule has 1 amide bonds. The smallest absolute Gasteiger partial charge is 0.303 e. The number of carboxylic acids is 1. The summed E-state index contributed by atoms with van der Waals surface area (Å²) < 4.78 is 5.67. The van der Waals surface area contributed by atoms with E-state index in [1.165, 1.54) is 6.08 Å². The molecule has 0 radical (unpaired) electrons. The van der Waals surface area contributed by atoms with Gasteiger partial charge in [-0.05, 0) is 73.2 Å². The van der Waals surface area contributed by atoms with Crippen molar-refractivity contribution in [3.8, 4) is 5.75 Å². The molecule has 0 heterocycles. The van der Waals surface area contributed by atoms with Crippen LogP contribution in [0.3, 0.4) is 0 Å². The summed E-state index contributed by atoms with van der Waals surface area (Å²) >= 11 is 0. The predicted octanol–water partition coefficient (Wildman–Crippen LogP) is 5.30. The molecule has 152 valence electrons. The third kappa shape index (κ3) is 6.07. The van der Waals surface area contributed by atoms with Gasteiger partial charge in [-0.15, -0.1) is 0 Å². The highest BCUT2D eigenvalue weighted by Gasteiger charge is 2.16. The van der Waals surface area contributed by atoms with Crippen molar-refractivity contribution in [1.82, 2.24) is 0 Å². The van der Waals surface area contributed by atoms with Gasteiger partial charge in [0.15, 0.2) is 0 Å². The molecule has 0 saturated carbocycles. The van der Waals surface area contributed by atoms with Gasteiger partial charge in [0.2, 0.25) is 0 Å². The first-order valence-corrected chi connectivity index (χ1v) is 9.59. The Labute approximate surface area is 171 Å². The molecule has 0 unspecified atom stereocenters. The van der Waals surface area contributed by atoms with Gasteiger partial charge in [-0.3, -0.25) is 9.59 Å². The number of carboxylic acid groups (broad SMARTS) is 1. The van der Waals surface area contributed by atoms with Crippen LogP contribution in [0.1, 0.15) is 46.8 Å². The fraction of sp³-hybridized carbons (Fsp3) is 0.250. The van der Waals surface area contributed by atoms with E-state index >= 15 is 0 Å². The number of hydrogen-bond acceptors (Lipinski definition) is 3. The zero-order valence-electron chi connectivity index (χ0n) is 17.0. The molecular formula is C24H27NO4. The van der Waals surface area contributed by atoms with Crippen molar-refractivity contribution in [1.29, 1.82) is 0 Å². The molecule has 2 aromatic carbocycles. The summed E-state index contributed by atoms with van der Waals surface area (Å²) in [6.07, 6.45) is 3.66. The van der Waals surface area contributed by atoms with Crippen molar-refractivity contribution >= 4 is 17.6 Å². The standard InChI is InChI=1S/C24H27NO4/c1-5-16(3)29-22-15-14-21(20(6-2)17(22)4)24(28)25-19-12-10-18(11-13-19)8-7-9-23(26)27/h5,10-15H,1,3,6-9H2,2,4H3,(H,25,28)(H,26,27). The van der Waals surface area contributed by atoms with Crippen LogP contribution >= 0.6 is 0 Å². The second-order valence-electron chi connectivity index (χ2n) is 6.74. The molecule has 0 fully saturated rings. The molecular weight excluding hydrogens is 366 g/mol. The highest BCUT2D eigenvalue weighted by atomic mass is 16.5. The van der Waals surface area contributed by atoms with Gasteiger partial charge in [0.25, 0.3) is 5.91 Å². The average Bonchev–Trinajstić information content (AvgIpc) is 2.70. The first-order chi connectivity index (χ1) is 13.8. The molecule has 29 heavy (non-hydrogen) atoms. The van der Waals surface area contributed by atoms with Gasteiger partial charge >= 0.3 is 5.97 Å². The number of nitrogens with one attached hydrogen (secondary N) is 1. The van der Waals surface area contributed by atoms with E-state index in [0.29, 0.717) is 42.0 Å². The summed E-state index contributed by atoms with van der Waals surface area (Å²) in [4.78, 5) is 23.4. The van der Waals surface area contributed by atoms with Gasteiger partial charge < -0.3 is 15.2 Å². The van der Waals surface area contributed by atoms with E-state index in [9.17, 15) is 9.59 Å². The van der Waals surface area contributed by atoms with Crippen molar-refractivity contribution in [3.63, 3.8) is 0 Å². The zero-order chi connectivity index (χ0) is 21.4. The van der Waals surface area contributed by atoms with Crippen LogP contribution in [0.4, 0.5) is 5.69 Å². The zero-order valence-corrected chi connectivity index (χ0v) is 17.0. The Hall–Kier alpha value is -3.34. The molecule has 2 rings (SSSR count). The largest absolute Gasteiger partial charge is 0.481 e. The molecule has 0 aliphatic heterocycles. The summed E-state index contributed by atoms with van der Waals surface area (Å²) in [7, 11) is 0. The molecule has 5 nitrogen and oxygen atoms in total. The van der Waals surface area contributed by atoms with Gasteiger partial charge in [-0.2, -0.15) is 0 Å². The highest BCUT2D eigenvalue weighted by molar-refractivity contribution is 6.05. The number of ether oxygens (including phenoxy) is 1. The van der Waals surface area contributed by atoms with Crippen LogP contribution < -0.4 is 10.1 Å². The van der Waals surface area contributed by atoms with E-state index < -0.39 is 5.97 Å². The molecule has 0 aliphatic rings. The van der Waals surface area contributed by atoms with Gasteiger partial charge in [-0.1, -0.05) is 32.2 Å². The first-order valence-electron chi connectivity index (χ1n) is 9.59. The Kier molecular flexibility index (Phi) is 7.78. The number of carbonyl (C=O) groups excluding carboxylic acids is 1. The lowest BCUT2D eigenvalue weighted by atomic mass is 9.98. The Morgan fingerprint density at radius 2 is 1.86 bits per heavy atom. The van der Waals surface area contributed by atoms with Crippen LogP contribution in [-0.4, -0.2) is 17.0 Å². The number of aryl methyl sites for hydroxylation is 1. The second-order valence-corrected chi connectivity index (χ2v) is 6.74. The molecule has 5 heteroatoms. The lowest BCUT2D eigenvalue weighted by Gasteiger charge is -2.16. The van der Waals surface area contributed by atoms with E-state index in [0.717, 1.165) is 16.7 Å². The van der Waals surface area contributed by atoms with Crippen LogP contribution in [0.25, 0.3) is 0 Å². The van der Waals surface area contributed by atoms with Crippen LogP contribution in [0.15, 0.2) is 61.4 Å². The minimum Gasteiger partial charge on any atom is -0.481 e. The number of rotatable bonds is 10. The van der Waals surface area contributed by atoms with E-state index in [-0.39, 0.29) is 12.3 Å². The normalized spacial score (nSPS) is 10.3. The monoisotopic (exact) mass is 393 g/mol. The van der Waals surface area contributed by atoms with Crippen molar-refractivity contribution in [2.45, 2.75) is 39.5 Å². The third-order valence-electron chi connectivity index (χ3n) is 4.68. The van der Waals surface area contributed by atoms with Crippen molar-refractivity contribution < 1.29 is 19.4 Å². The Balaban J connectivity index is 2.11. The van der Waals surface area contributed by atoms with Gasteiger partial charge in [0, 0.05) is 17.7 Å². The lowest BCUT2D eigenvalue weighted by molar-refractivity contribution is -0.137. The minimum atomic E-state index is -0.791. The minimum absolute atomic E-state index is 0.150. The number of benzene rings is 2. The Morgan fingerprint density at radius 3 is 2.45 bits per heavy atom. The fourth-order valence-electron chi connectivity index (χ4n) is 3.09. The number of anilines is 1. The van der Waals surface area contributed by atoms with Gasteiger partial charge in [0.1, 0.15) is 11.5 Å². The summed E-state index contributed by atoms with van der Waals surface area (Å²) in [5, 5.41) is 11.6. The molecule has 2 aromatic rings. The third-order valence-corrected chi connectivity index (χ3v) is 4.68. The number of carbonyl (C=O) groups is 2. The van der Waals surface area contributed by atoms with Crippen molar-refractivity contribution in [2.24, 2.45) is 0 Å². The lowest BCUT2D eigenvalue weighted by Crippen LogP contribution is -2.15. The summed E-state index contributed by atoms with van der Waals surface area (Å²) in [5.41, 5.74) is 4.15. The molecule has 0 aromatic heterocycles. The Bertz CT molecular complexity index is 913. The number of amides is 1. The number of hydrogen-bond donors (Lipinski definition) is 2. The maximum atomic E-state index is 12.8. The SMILES string of the molecule is C=CC(=C)Oc1ccc(C(=O)Nc2ccc(CCCC(=O)O)cc2)c(CC)c1C. The van der Waals surface area contributed by atoms with Gasteiger partial charge in [-0.25, -0.2) is 0 Å². The molecule has 0 atom stereocenters. The highest BCUT2D eigenvalue weighted by Crippen LogP contribution is 2.27. The molecule has 2 N–H and O–H groups in total. The summed E-state index contributed by atoms with van der Waals surface area (Å²) in [6.45, 7) is 11.3. The number of allylic oxidation sites excluding steroid dienone is 1. The number of aliphatic carboxylic acids is 1. The topological polar surface area (TPSA) is 75.6 Å². The van der Waals surface area contributed by atoms with Crippen LogP contribution in [0.5, 0.6) is 5.75 Å². The van der Waals surface area contributed by atoms with Gasteiger partial charge in [0.05, 0.1) is 0 Å². The van der Waals surface area contributed by atoms with Crippen molar-refractivity contribution in [3.05, 3.63) is 83.6 Å². The maximum absolute atomic E-state index is 12.8. The molecule has 0 saturated heterocycles. The van der Waals surface area contributed by atoms with Crippen molar-refractivity contribution in [2.75, 3.05) is 5.32 Å². The summed E-state index contributed by atoms with van der Waals surface area (Å²) in [5.74, 6) is 0.142. The molecule has 0 aliphatic carbocycles. The van der Waals surface area contributed by atoms with Crippen LogP contribution in [0, 0.1) is 6.92 Å². The van der Waals surface area contributed by atoms with E-state index in [1.807, 2.05) is 38.1 Å². The van der Waals surface area contributed by atoms with E-state index in [1.54, 1.807) is 12.1 Å². The summed E-state index contributed by atoms with van der Waals surface area (Å²) in [6, 6.07) is 11.0. The average molecular weight is 393 g/mol. The fourth-order valence-corrected chi connectivity index (χ4v) is 3.09. The van der Waals surface area contributed by atoms with Crippen LogP contribution in [0.2, 0.25) is 0 Å². The maximum Gasteiger partial charge on any atom is 0.303 e. The molecule has 0 bridgehead atoms. The first kappa shape index (κ1) is 22.0. The second kappa shape index (κ2) is 10.3. The predicted molar refractivity (Wildman–Crippen MR) is 115 cm³/mol. The molecule has 0 spiro atoms.